The Balaban J connectivity index is 0. The molecule has 1 aromatic rings. The minimum absolute atomic E-state index is 0. The molecular weight excluding hydrogens is 337 g/mol. The Morgan fingerprint density at radius 1 is 1.00 bits per heavy atom. The molecule has 0 unspecified atom stereocenters. The largest absolute Gasteiger partial charge is 0.0623 e. The van der Waals surface area contributed by atoms with Gasteiger partial charge in [0, 0.05) is 6.92 Å². The van der Waals surface area contributed by atoms with E-state index < -0.39 is 5.97 Å². The predicted octanol–water partition coefficient (Wildman–Crippen LogP) is 0.594. The van der Waals surface area contributed by atoms with Crippen LogP contribution in [0.2, 0.25) is 0 Å². The maximum Gasteiger partial charge on any atom is -0.0623 e. The molecule has 0 aliphatic heterocycles. The number of carboxylic acids is 1. The summed E-state index contributed by atoms with van der Waals surface area (Å²) in [6.45, 7) is 1.08. The first-order chi connectivity index (χ1) is 4.73. The van der Waals surface area contributed by atoms with Gasteiger partial charge in [0.2, 0.25) is 0 Å². The molecule has 0 spiro atoms. The zero-order valence-electron chi connectivity index (χ0n) is 6.53. The third-order valence-electron chi connectivity index (χ3n) is 0.667. The predicted molar refractivity (Wildman–Crippen MR) is 49.7 cm³/mol. The molecule has 0 aromatic heterocycles. The molecule has 0 saturated heterocycles. The van der Waals surface area contributed by atoms with Crippen molar-refractivity contribution in [1.82, 2.24) is 0 Å². The number of carboxylic acid groups (broad SMARTS) is 1. The monoisotopic (exact) mass is 350 g/mol. The van der Waals surface area contributed by atoms with Crippen molar-refractivity contribution in [2.45, 2.75) is 6.92 Å². The van der Waals surface area contributed by atoms with E-state index in [9.17, 15) is 0 Å². The van der Waals surface area contributed by atoms with E-state index in [0.717, 1.165) is 6.92 Å². The van der Waals surface area contributed by atoms with Crippen LogP contribution in [0.25, 0.3) is 0 Å². The van der Waals surface area contributed by atoms with Crippen molar-refractivity contribution >= 4 is 32.2 Å². The van der Waals surface area contributed by atoms with Crippen molar-refractivity contribution < 1.29 is 9.90 Å². The summed E-state index contributed by atoms with van der Waals surface area (Å²) < 4.78 is 0. The van der Waals surface area contributed by atoms with Gasteiger partial charge >= 0.3 is 26.2 Å². The number of hydrogen-bond donors (Lipinski definition) is 1. The van der Waals surface area contributed by atoms with Crippen molar-refractivity contribution in [2.24, 2.45) is 0 Å². The molecule has 0 saturated carbocycles. The van der Waals surface area contributed by atoms with Crippen LogP contribution in [0.4, 0.5) is 0 Å². The minimum atomic E-state index is -0.833. The van der Waals surface area contributed by atoms with Crippen LogP contribution in [0.1, 0.15) is 6.92 Å². The first kappa shape index (κ1) is 13.2. The van der Waals surface area contributed by atoms with E-state index in [4.69, 9.17) is 9.90 Å². The van der Waals surface area contributed by atoms with E-state index in [1.165, 1.54) is 0 Å². The van der Waals surface area contributed by atoms with Crippen molar-refractivity contribution in [3.63, 3.8) is 0 Å². The van der Waals surface area contributed by atoms with Gasteiger partial charge in [0.1, 0.15) is 0 Å². The summed E-state index contributed by atoms with van der Waals surface area (Å²) in [5, 5.41) is 7.42. The minimum Gasteiger partial charge on any atom is -0.0623 e. The standard InChI is InChI=1S/C6H6.C2H4O2.Bi.3H/c1-2-4-6-5-3-1;1-2(3)4;;;;/h1-6H;1H3,(H,3,4);;;;. The molecule has 11 heavy (non-hydrogen) atoms. The third-order valence-corrected chi connectivity index (χ3v) is 0.667. The topological polar surface area (TPSA) is 37.3 Å². The maximum atomic E-state index is 9.00. The molecule has 2 nitrogen and oxygen atoms in total. The number of aliphatic carboxylic acids is 1. The Morgan fingerprint density at radius 2 is 1.09 bits per heavy atom. The Kier molecular flexibility index (Phi) is 11.5. The second-order valence-corrected chi connectivity index (χ2v) is 1.67. The van der Waals surface area contributed by atoms with Crippen LogP contribution in [-0.4, -0.2) is 37.3 Å². The summed E-state index contributed by atoms with van der Waals surface area (Å²) in [5.74, 6) is -0.833. The van der Waals surface area contributed by atoms with Gasteiger partial charge in [-0.05, 0) is 0 Å². The van der Waals surface area contributed by atoms with Crippen LogP contribution in [0.3, 0.4) is 0 Å². The molecule has 1 rings (SSSR count). The Bertz CT molecular complexity index is 144. The average Bonchev–Trinajstić information content (AvgIpc) is 1.90. The SMILES string of the molecule is CC(=O)O.[BiH3].c1ccccc1. The Morgan fingerprint density at radius 3 is 1.18 bits per heavy atom. The maximum absolute atomic E-state index is 9.00. The molecule has 1 N–H and O–H groups in total. The molecule has 0 radical (unpaired) electrons. The zero-order valence-corrected chi connectivity index (χ0v) is 12.0. The molecule has 1 aromatic carbocycles. The van der Waals surface area contributed by atoms with Crippen LogP contribution in [0, 0.1) is 0 Å². The fraction of sp³-hybridized carbons (Fsp3) is 0.125. The molecule has 0 bridgehead atoms. The van der Waals surface area contributed by atoms with Gasteiger partial charge in [-0.15, -0.1) is 0 Å². The average molecular weight is 350 g/mol. The molecule has 0 fully saturated rings. The number of carbonyl (C=O) groups is 1. The second-order valence-electron chi connectivity index (χ2n) is 1.67. The van der Waals surface area contributed by atoms with Gasteiger partial charge in [-0.25, -0.2) is 0 Å². The summed E-state index contributed by atoms with van der Waals surface area (Å²) in [6.07, 6.45) is 0. The van der Waals surface area contributed by atoms with E-state index in [0.29, 0.717) is 0 Å². The van der Waals surface area contributed by atoms with Gasteiger partial charge < -0.3 is 5.11 Å². The normalized spacial score (nSPS) is 6.64. The number of hydrogen-bond acceptors (Lipinski definition) is 1. The van der Waals surface area contributed by atoms with Crippen LogP contribution < -0.4 is 0 Å². The quantitative estimate of drug-likeness (QED) is 0.696. The summed E-state index contributed by atoms with van der Waals surface area (Å²) in [5.41, 5.74) is 0. The molecule has 0 atom stereocenters. The fourth-order valence-corrected chi connectivity index (χ4v) is 0.385. The van der Waals surface area contributed by atoms with Gasteiger partial charge in [0.15, 0.2) is 0 Å². The second kappa shape index (κ2) is 9.57. The van der Waals surface area contributed by atoms with Gasteiger partial charge in [0.05, 0.1) is 0 Å². The Hall–Kier alpha value is -0.427. The first-order valence-corrected chi connectivity index (χ1v) is 2.93. The van der Waals surface area contributed by atoms with Crippen molar-refractivity contribution in [3.8, 4) is 0 Å². The number of benzene rings is 1. The molecule has 62 valence electrons. The van der Waals surface area contributed by atoms with Crippen LogP contribution >= 0.6 is 0 Å². The molecular formula is C8H13BiO2. The van der Waals surface area contributed by atoms with Crippen LogP contribution in [0.15, 0.2) is 36.4 Å². The zero-order chi connectivity index (χ0) is 7.82. The van der Waals surface area contributed by atoms with Gasteiger partial charge in [-0.1, -0.05) is 36.4 Å². The summed E-state index contributed by atoms with van der Waals surface area (Å²) in [6, 6.07) is 12.0. The number of rotatable bonds is 0. The molecule has 0 heterocycles. The van der Waals surface area contributed by atoms with E-state index in [2.05, 4.69) is 0 Å². The van der Waals surface area contributed by atoms with Crippen molar-refractivity contribution in [2.75, 3.05) is 0 Å². The van der Waals surface area contributed by atoms with Gasteiger partial charge in [-0.2, -0.15) is 0 Å². The third kappa shape index (κ3) is 17.7. The summed E-state index contributed by atoms with van der Waals surface area (Å²) >= 11 is 0. The first-order valence-electron chi connectivity index (χ1n) is 2.93. The van der Waals surface area contributed by atoms with Gasteiger partial charge in [0.25, 0.3) is 5.97 Å². The molecule has 0 amide bonds. The van der Waals surface area contributed by atoms with Gasteiger partial charge in [-0.3, -0.25) is 4.79 Å². The Labute approximate surface area is 85.4 Å². The molecule has 0 aliphatic rings. The summed E-state index contributed by atoms with van der Waals surface area (Å²) in [7, 11) is 0. The van der Waals surface area contributed by atoms with Crippen LogP contribution in [-0.2, 0) is 4.79 Å². The fourth-order valence-electron chi connectivity index (χ4n) is 0.385. The van der Waals surface area contributed by atoms with E-state index >= 15 is 0 Å². The van der Waals surface area contributed by atoms with E-state index in [1.54, 1.807) is 0 Å². The van der Waals surface area contributed by atoms with E-state index in [-0.39, 0.29) is 26.2 Å². The van der Waals surface area contributed by atoms with E-state index in [1.807, 2.05) is 36.4 Å². The van der Waals surface area contributed by atoms with Crippen molar-refractivity contribution in [3.05, 3.63) is 36.4 Å². The smallest absolute Gasteiger partial charge is 0.0623 e. The summed E-state index contributed by atoms with van der Waals surface area (Å²) in [4.78, 5) is 9.00. The molecule has 0 aliphatic carbocycles. The van der Waals surface area contributed by atoms with Crippen LogP contribution in [0.5, 0.6) is 0 Å². The van der Waals surface area contributed by atoms with Crippen molar-refractivity contribution in [1.29, 1.82) is 0 Å². The molecule has 3 heteroatoms.